The number of anilines is 1. The molecule has 2 aromatic rings. The molecule has 1 aliphatic rings. The van der Waals surface area contributed by atoms with Crippen LogP contribution >= 0.6 is 15.9 Å². The highest BCUT2D eigenvalue weighted by Gasteiger charge is 2.30. The summed E-state index contributed by atoms with van der Waals surface area (Å²) in [7, 11) is 1.81. The summed E-state index contributed by atoms with van der Waals surface area (Å²) in [6.07, 6.45) is 4.97. The molecule has 1 saturated carbocycles. The van der Waals surface area contributed by atoms with E-state index in [0.717, 1.165) is 46.7 Å². The Morgan fingerprint density at radius 1 is 1.20 bits per heavy atom. The molecule has 1 N–H and O–H groups in total. The first-order valence-corrected chi connectivity index (χ1v) is 11.2. The second kappa shape index (κ2) is 8.92. The smallest absolute Gasteiger partial charge is 0.410 e. The van der Waals surface area contributed by atoms with E-state index in [-0.39, 0.29) is 24.0 Å². The third-order valence-electron chi connectivity index (χ3n) is 5.48. The van der Waals surface area contributed by atoms with Crippen molar-refractivity contribution in [2.24, 2.45) is 0 Å². The van der Waals surface area contributed by atoms with Crippen LogP contribution in [-0.4, -0.2) is 46.5 Å². The molecule has 30 heavy (non-hydrogen) atoms. The maximum Gasteiger partial charge on any atom is 0.410 e. The molecule has 1 heterocycles. The van der Waals surface area contributed by atoms with Gasteiger partial charge in [0.2, 0.25) is 0 Å². The van der Waals surface area contributed by atoms with Crippen LogP contribution in [0.2, 0.25) is 0 Å². The highest BCUT2D eigenvalue weighted by Crippen LogP contribution is 2.32. The van der Waals surface area contributed by atoms with E-state index in [0.29, 0.717) is 5.56 Å². The van der Waals surface area contributed by atoms with Crippen LogP contribution in [0.1, 0.15) is 63.7 Å². The molecule has 1 aliphatic carbocycles. The molecular formula is C23H30BrN3O3. The van der Waals surface area contributed by atoms with Crippen molar-refractivity contribution in [2.45, 2.75) is 71.1 Å². The fraction of sp³-hybridized carbons (Fsp3) is 0.522. The van der Waals surface area contributed by atoms with Gasteiger partial charge in [-0.1, -0.05) is 15.9 Å². The minimum atomic E-state index is -0.496. The first-order valence-electron chi connectivity index (χ1n) is 10.4. The van der Waals surface area contributed by atoms with Gasteiger partial charge in [0.05, 0.1) is 16.8 Å². The van der Waals surface area contributed by atoms with Crippen molar-refractivity contribution in [2.75, 3.05) is 12.4 Å². The van der Waals surface area contributed by atoms with Crippen LogP contribution in [0.5, 0.6) is 0 Å². The molecule has 1 aromatic heterocycles. The van der Waals surface area contributed by atoms with Gasteiger partial charge in [0, 0.05) is 35.2 Å². The van der Waals surface area contributed by atoms with Crippen molar-refractivity contribution >= 4 is 44.4 Å². The minimum absolute atomic E-state index is 0.00906. The number of carbonyl (C=O) groups is 2. The highest BCUT2D eigenvalue weighted by atomic mass is 79.9. The zero-order valence-electron chi connectivity index (χ0n) is 18.3. The van der Waals surface area contributed by atoms with Crippen LogP contribution in [0.4, 0.5) is 10.5 Å². The van der Waals surface area contributed by atoms with E-state index in [1.165, 1.54) is 0 Å². The lowest BCUT2D eigenvalue weighted by atomic mass is 9.90. The van der Waals surface area contributed by atoms with E-state index in [1.54, 1.807) is 18.0 Å². The molecule has 0 aliphatic heterocycles. The average molecular weight is 476 g/mol. The fourth-order valence-corrected chi connectivity index (χ4v) is 4.24. The van der Waals surface area contributed by atoms with Crippen molar-refractivity contribution in [3.05, 3.63) is 34.4 Å². The van der Waals surface area contributed by atoms with Gasteiger partial charge >= 0.3 is 6.09 Å². The number of halogens is 1. The molecule has 0 unspecified atom stereocenters. The van der Waals surface area contributed by atoms with Gasteiger partial charge in [-0.25, -0.2) is 4.79 Å². The molecule has 0 spiro atoms. The zero-order valence-corrected chi connectivity index (χ0v) is 19.9. The molecule has 0 bridgehead atoms. The van der Waals surface area contributed by atoms with Gasteiger partial charge in [-0.2, -0.15) is 0 Å². The van der Waals surface area contributed by atoms with Crippen LogP contribution in [-0.2, 0) is 4.74 Å². The van der Waals surface area contributed by atoms with Gasteiger partial charge in [0.1, 0.15) is 5.60 Å². The lowest BCUT2D eigenvalue weighted by molar-refractivity contribution is 0.0185. The number of hydrogen-bond donors (Lipinski definition) is 1. The third-order valence-corrected chi connectivity index (χ3v) is 5.98. The lowest BCUT2D eigenvalue weighted by Crippen LogP contribution is -2.43. The van der Waals surface area contributed by atoms with E-state index >= 15 is 0 Å². The molecular weight excluding hydrogens is 446 g/mol. The van der Waals surface area contributed by atoms with Gasteiger partial charge in [0.25, 0.3) is 0 Å². The number of rotatable bonds is 4. The van der Waals surface area contributed by atoms with Crippen molar-refractivity contribution < 1.29 is 14.3 Å². The summed E-state index contributed by atoms with van der Waals surface area (Å²) in [5.41, 5.74) is 1.81. The highest BCUT2D eigenvalue weighted by molar-refractivity contribution is 9.10. The first kappa shape index (κ1) is 22.5. The molecule has 1 fully saturated rings. The molecule has 3 rings (SSSR count). The first-order chi connectivity index (χ1) is 14.0. The van der Waals surface area contributed by atoms with Gasteiger partial charge in [-0.15, -0.1) is 0 Å². The van der Waals surface area contributed by atoms with Crippen LogP contribution in [0.3, 0.4) is 0 Å². The summed E-state index contributed by atoms with van der Waals surface area (Å²) < 4.78 is 6.45. The second-order valence-electron chi connectivity index (χ2n) is 9.01. The molecule has 162 valence electrons. The van der Waals surface area contributed by atoms with E-state index in [4.69, 9.17) is 4.74 Å². The Morgan fingerprint density at radius 3 is 2.47 bits per heavy atom. The van der Waals surface area contributed by atoms with Crippen LogP contribution in [0.15, 0.2) is 28.9 Å². The Labute approximate surface area is 186 Å². The maximum atomic E-state index is 12.4. The number of Topliss-reactive ketones (excluding diaryl/α,β-unsaturated/α-hetero) is 1. The van der Waals surface area contributed by atoms with Gasteiger partial charge in [-0.3, -0.25) is 9.78 Å². The van der Waals surface area contributed by atoms with Crippen molar-refractivity contribution in [3.8, 4) is 0 Å². The van der Waals surface area contributed by atoms with E-state index < -0.39 is 5.60 Å². The number of benzene rings is 1. The SMILES string of the molecule is CC(=O)c1cnc2ccc(Br)cc2c1NC1CCC(N(C)C(=O)OC(C)(C)C)CC1. The molecule has 0 saturated heterocycles. The molecule has 1 aromatic carbocycles. The van der Waals surface area contributed by atoms with Gasteiger partial charge in [0.15, 0.2) is 5.78 Å². The van der Waals surface area contributed by atoms with E-state index in [2.05, 4.69) is 26.2 Å². The standard InChI is InChI=1S/C23H30BrN3O3/c1-14(28)19-13-25-20-11-6-15(24)12-18(20)21(19)26-16-7-9-17(10-8-16)27(5)22(29)30-23(2,3)4/h6,11-13,16-17H,7-10H2,1-5H3,(H,25,26). The lowest BCUT2D eigenvalue weighted by Gasteiger charge is -2.36. The predicted octanol–water partition coefficient (Wildman–Crippen LogP) is 5.79. The zero-order chi connectivity index (χ0) is 22.1. The minimum Gasteiger partial charge on any atom is -0.444 e. The predicted molar refractivity (Wildman–Crippen MR) is 123 cm³/mol. The number of ketones is 1. The number of nitrogens with zero attached hydrogens (tertiary/aromatic N) is 2. The monoisotopic (exact) mass is 475 g/mol. The normalized spacial score (nSPS) is 19.4. The Bertz CT molecular complexity index is 947. The number of hydrogen-bond acceptors (Lipinski definition) is 5. The average Bonchev–Trinajstić information content (AvgIpc) is 2.66. The van der Waals surface area contributed by atoms with Crippen molar-refractivity contribution in [1.82, 2.24) is 9.88 Å². The van der Waals surface area contributed by atoms with E-state index in [9.17, 15) is 9.59 Å². The topological polar surface area (TPSA) is 71.5 Å². The van der Waals surface area contributed by atoms with Crippen molar-refractivity contribution in [3.63, 3.8) is 0 Å². The Kier molecular flexibility index (Phi) is 6.70. The number of ether oxygens (including phenoxy) is 1. The summed E-state index contributed by atoms with van der Waals surface area (Å²) in [6, 6.07) is 6.29. The number of nitrogens with one attached hydrogen (secondary N) is 1. The summed E-state index contributed by atoms with van der Waals surface area (Å²) >= 11 is 3.52. The maximum absolute atomic E-state index is 12.4. The van der Waals surface area contributed by atoms with Crippen LogP contribution in [0.25, 0.3) is 10.9 Å². The fourth-order valence-electron chi connectivity index (χ4n) is 3.88. The Balaban J connectivity index is 1.73. The number of aromatic nitrogens is 1. The van der Waals surface area contributed by atoms with Crippen LogP contribution < -0.4 is 5.32 Å². The molecule has 6 nitrogen and oxygen atoms in total. The van der Waals surface area contributed by atoms with Gasteiger partial charge in [-0.05, 0) is 71.6 Å². The number of carbonyl (C=O) groups excluding carboxylic acids is 2. The number of amides is 1. The number of fused-ring (bicyclic) bond motifs is 1. The molecule has 1 amide bonds. The van der Waals surface area contributed by atoms with Gasteiger partial charge < -0.3 is 15.0 Å². The Morgan fingerprint density at radius 2 is 1.87 bits per heavy atom. The third kappa shape index (κ3) is 5.31. The summed E-state index contributed by atoms with van der Waals surface area (Å²) in [4.78, 5) is 30.7. The van der Waals surface area contributed by atoms with E-state index in [1.807, 2.05) is 46.0 Å². The summed E-state index contributed by atoms with van der Waals surface area (Å²) in [6.45, 7) is 7.20. The number of pyridine rings is 1. The van der Waals surface area contributed by atoms with Crippen LogP contribution in [0, 0.1) is 0 Å². The Hall–Kier alpha value is -2.15. The second-order valence-corrected chi connectivity index (χ2v) is 9.92. The largest absolute Gasteiger partial charge is 0.444 e. The van der Waals surface area contributed by atoms with Crippen molar-refractivity contribution in [1.29, 1.82) is 0 Å². The summed E-state index contributed by atoms with van der Waals surface area (Å²) in [5.74, 6) is -0.00906. The quantitative estimate of drug-likeness (QED) is 0.566. The summed E-state index contributed by atoms with van der Waals surface area (Å²) in [5, 5.41) is 4.55. The molecule has 0 atom stereocenters. The molecule has 7 heteroatoms. The molecule has 0 radical (unpaired) electrons.